The predicted molar refractivity (Wildman–Crippen MR) is 93.3 cm³/mol. The number of hydrogen-bond donors (Lipinski definition) is 2. The van der Waals surface area contributed by atoms with Crippen LogP contribution in [0.25, 0.3) is 0 Å². The number of oxime groups is 1. The first-order valence-corrected chi connectivity index (χ1v) is 8.52. The maximum Gasteiger partial charge on any atom is 0.270 e. The lowest BCUT2D eigenvalue weighted by atomic mass is 9.87. The highest BCUT2D eigenvalue weighted by Crippen LogP contribution is 2.27. The number of hydrogen-bond acceptors (Lipinski definition) is 4. The fraction of sp³-hybridized carbons (Fsp3) is 0.556. The number of amides is 1. The zero-order valence-electron chi connectivity index (χ0n) is 14.1. The Kier molecular flexibility index (Phi) is 6.59. The van der Waals surface area contributed by atoms with Gasteiger partial charge in [0.25, 0.3) is 5.91 Å². The second-order valence-electron chi connectivity index (χ2n) is 6.15. The molecule has 1 unspecified atom stereocenters. The number of nitrogens with zero attached hydrogens (tertiary/aromatic N) is 2. The van der Waals surface area contributed by atoms with Crippen molar-refractivity contribution in [2.75, 3.05) is 18.4 Å². The van der Waals surface area contributed by atoms with Crippen molar-refractivity contribution < 1.29 is 10.0 Å². The summed E-state index contributed by atoms with van der Waals surface area (Å²) in [4.78, 5) is 14.1. The fourth-order valence-electron chi connectivity index (χ4n) is 3.41. The summed E-state index contributed by atoms with van der Waals surface area (Å²) in [6, 6.07) is 6.66. The zero-order valence-corrected chi connectivity index (χ0v) is 14.1. The summed E-state index contributed by atoms with van der Waals surface area (Å²) in [5.41, 5.74) is 3.45. The summed E-state index contributed by atoms with van der Waals surface area (Å²) in [7, 11) is 0. The van der Waals surface area contributed by atoms with Crippen molar-refractivity contribution in [3.8, 4) is 0 Å². The summed E-state index contributed by atoms with van der Waals surface area (Å²) in [6.07, 6.45) is 6.56. The van der Waals surface area contributed by atoms with Crippen molar-refractivity contribution in [3.05, 3.63) is 29.3 Å². The third kappa shape index (κ3) is 4.79. The van der Waals surface area contributed by atoms with E-state index in [9.17, 15) is 4.79 Å². The first-order chi connectivity index (χ1) is 11.2. The molecule has 0 fully saturated rings. The van der Waals surface area contributed by atoms with Gasteiger partial charge in [0.2, 0.25) is 0 Å². The van der Waals surface area contributed by atoms with E-state index in [0.29, 0.717) is 6.04 Å². The van der Waals surface area contributed by atoms with Crippen LogP contribution in [0.1, 0.15) is 44.2 Å². The number of rotatable bonds is 7. The van der Waals surface area contributed by atoms with E-state index >= 15 is 0 Å². The van der Waals surface area contributed by atoms with Gasteiger partial charge in [-0.05, 0) is 68.5 Å². The second kappa shape index (κ2) is 8.67. The van der Waals surface area contributed by atoms with Crippen LogP contribution in [-0.4, -0.2) is 41.4 Å². The molecule has 126 valence electrons. The minimum atomic E-state index is -0.418. The minimum absolute atomic E-state index is 0.418. The topological polar surface area (TPSA) is 64.9 Å². The van der Waals surface area contributed by atoms with E-state index in [4.69, 9.17) is 5.21 Å². The highest BCUT2D eigenvalue weighted by atomic mass is 16.4. The third-order valence-electron chi connectivity index (χ3n) is 4.39. The number of fused-ring (bicyclic) bond motifs is 1. The van der Waals surface area contributed by atoms with Gasteiger partial charge in [-0.25, -0.2) is 0 Å². The Labute approximate surface area is 138 Å². The molecule has 0 radical (unpaired) electrons. The van der Waals surface area contributed by atoms with Gasteiger partial charge in [-0.1, -0.05) is 25.1 Å². The van der Waals surface area contributed by atoms with E-state index in [1.807, 2.05) is 6.07 Å². The Morgan fingerprint density at radius 2 is 2.09 bits per heavy atom. The molecule has 1 aliphatic carbocycles. The molecule has 2 rings (SSSR count). The van der Waals surface area contributed by atoms with Crippen LogP contribution in [0.3, 0.4) is 0 Å². The third-order valence-corrected chi connectivity index (χ3v) is 4.39. The molecule has 0 saturated heterocycles. The average molecular weight is 317 g/mol. The molecule has 0 heterocycles. The molecule has 0 aliphatic heterocycles. The van der Waals surface area contributed by atoms with Gasteiger partial charge in [0.05, 0.1) is 0 Å². The molecule has 0 saturated carbocycles. The number of carbonyl (C=O) groups is 1. The van der Waals surface area contributed by atoms with Gasteiger partial charge < -0.3 is 15.4 Å². The molecule has 0 aromatic heterocycles. The van der Waals surface area contributed by atoms with Gasteiger partial charge >= 0.3 is 0 Å². The summed E-state index contributed by atoms with van der Waals surface area (Å²) in [5, 5.41) is 13.9. The number of anilines is 1. The summed E-state index contributed by atoms with van der Waals surface area (Å²) >= 11 is 0. The molecular formula is C18H27N3O2. The average Bonchev–Trinajstić information content (AvgIpc) is 2.54. The van der Waals surface area contributed by atoms with E-state index in [2.05, 4.69) is 41.4 Å². The lowest BCUT2D eigenvalue weighted by Gasteiger charge is -2.35. The number of benzene rings is 1. The van der Waals surface area contributed by atoms with Crippen LogP contribution in [0.5, 0.6) is 0 Å². The maximum absolute atomic E-state index is 11.5. The fourth-order valence-corrected chi connectivity index (χ4v) is 3.41. The Bertz CT molecular complexity index is 551. The van der Waals surface area contributed by atoms with Gasteiger partial charge in [0, 0.05) is 11.7 Å². The van der Waals surface area contributed by atoms with E-state index < -0.39 is 5.91 Å². The van der Waals surface area contributed by atoms with E-state index in [1.54, 1.807) is 0 Å². The molecule has 23 heavy (non-hydrogen) atoms. The van der Waals surface area contributed by atoms with Gasteiger partial charge in [-0.2, -0.15) is 0 Å². The standard InChI is InChI=1S/C18H27N3O2/c1-3-9-21(10-4-2)17-8-6-14-5-7-16(11-15(14)12-17)20-18(22)13-19-23/h5,7,11,13,17,23H,3-4,6,8-10,12H2,1-2H3,(H,20,22). The molecule has 0 spiro atoms. The molecule has 5 heteroatoms. The monoisotopic (exact) mass is 317 g/mol. The molecule has 1 aliphatic rings. The zero-order chi connectivity index (χ0) is 16.7. The van der Waals surface area contributed by atoms with Crippen LogP contribution in [0, 0.1) is 0 Å². The summed E-state index contributed by atoms with van der Waals surface area (Å²) < 4.78 is 0. The van der Waals surface area contributed by atoms with Gasteiger partial charge in [-0.15, -0.1) is 0 Å². The smallest absolute Gasteiger partial charge is 0.270 e. The highest BCUT2D eigenvalue weighted by Gasteiger charge is 2.23. The van der Waals surface area contributed by atoms with Crippen molar-refractivity contribution in [3.63, 3.8) is 0 Å². The predicted octanol–water partition coefficient (Wildman–Crippen LogP) is 3.06. The van der Waals surface area contributed by atoms with Crippen LogP contribution in [0.15, 0.2) is 23.4 Å². The molecule has 2 N–H and O–H groups in total. The Hall–Kier alpha value is -1.88. The number of nitrogens with one attached hydrogen (secondary N) is 1. The lowest BCUT2D eigenvalue weighted by Crippen LogP contribution is -2.40. The first kappa shape index (κ1) is 17.5. The molecule has 0 bridgehead atoms. The van der Waals surface area contributed by atoms with Crippen LogP contribution < -0.4 is 5.32 Å². The SMILES string of the molecule is CCCN(CCC)C1CCc2ccc(NC(=O)C=NO)cc2C1. The normalized spacial score (nSPS) is 17.4. The Morgan fingerprint density at radius 1 is 1.35 bits per heavy atom. The number of carbonyl (C=O) groups excluding carboxylic acids is 1. The van der Waals surface area contributed by atoms with Crippen molar-refractivity contribution >= 4 is 17.8 Å². The van der Waals surface area contributed by atoms with E-state index in [-0.39, 0.29) is 0 Å². The van der Waals surface area contributed by atoms with Crippen LogP contribution in [0.4, 0.5) is 5.69 Å². The van der Waals surface area contributed by atoms with Gasteiger partial charge in [0.15, 0.2) is 0 Å². The highest BCUT2D eigenvalue weighted by molar-refractivity contribution is 6.31. The van der Waals surface area contributed by atoms with Crippen LogP contribution >= 0.6 is 0 Å². The van der Waals surface area contributed by atoms with Crippen LogP contribution in [0.2, 0.25) is 0 Å². The Morgan fingerprint density at radius 3 is 2.74 bits per heavy atom. The second-order valence-corrected chi connectivity index (χ2v) is 6.15. The summed E-state index contributed by atoms with van der Waals surface area (Å²) in [5.74, 6) is -0.418. The largest absolute Gasteiger partial charge is 0.411 e. The molecule has 1 atom stereocenters. The van der Waals surface area contributed by atoms with Crippen molar-refractivity contribution in [2.24, 2.45) is 5.16 Å². The van der Waals surface area contributed by atoms with Crippen molar-refractivity contribution in [1.29, 1.82) is 0 Å². The van der Waals surface area contributed by atoms with Gasteiger partial charge in [-0.3, -0.25) is 4.79 Å². The van der Waals surface area contributed by atoms with Crippen molar-refractivity contribution in [2.45, 2.75) is 52.0 Å². The van der Waals surface area contributed by atoms with E-state index in [1.165, 1.54) is 30.4 Å². The molecule has 1 aromatic rings. The van der Waals surface area contributed by atoms with E-state index in [0.717, 1.165) is 37.8 Å². The molecule has 5 nitrogen and oxygen atoms in total. The lowest BCUT2D eigenvalue weighted by molar-refractivity contribution is -0.110. The number of aryl methyl sites for hydroxylation is 1. The van der Waals surface area contributed by atoms with Crippen LogP contribution in [-0.2, 0) is 17.6 Å². The Balaban J connectivity index is 2.10. The molecule has 1 aromatic carbocycles. The summed E-state index contributed by atoms with van der Waals surface area (Å²) in [6.45, 7) is 6.76. The van der Waals surface area contributed by atoms with Crippen molar-refractivity contribution in [1.82, 2.24) is 4.90 Å². The maximum atomic E-state index is 11.5. The minimum Gasteiger partial charge on any atom is -0.411 e. The molecule has 1 amide bonds. The quantitative estimate of drug-likeness (QED) is 0.461. The van der Waals surface area contributed by atoms with Gasteiger partial charge in [0.1, 0.15) is 6.21 Å². The first-order valence-electron chi connectivity index (χ1n) is 8.52. The molecular weight excluding hydrogens is 290 g/mol.